The van der Waals surface area contributed by atoms with Crippen LogP contribution >= 0.6 is 15.9 Å². The Bertz CT molecular complexity index is 438. The van der Waals surface area contributed by atoms with Crippen molar-refractivity contribution in [2.45, 2.75) is 6.42 Å². The monoisotopic (exact) mass is 325 g/mol. The highest BCUT2D eigenvalue weighted by Crippen LogP contribution is 2.15. The van der Waals surface area contributed by atoms with Gasteiger partial charge in [-0.25, -0.2) is 0 Å². The van der Waals surface area contributed by atoms with E-state index in [1.165, 1.54) is 0 Å². The lowest BCUT2D eigenvalue weighted by atomic mass is 10.3. The maximum absolute atomic E-state index is 12.0. The van der Waals surface area contributed by atoms with Crippen LogP contribution in [0.4, 0.5) is 5.69 Å². The van der Waals surface area contributed by atoms with E-state index in [0.717, 1.165) is 42.8 Å². The van der Waals surface area contributed by atoms with E-state index < -0.39 is 0 Å². The predicted octanol–water partition coefficient (Wildman–Crippen LogP) is 2.03. The fraction of sp³-hybridized carbons (Fsp3) is 0.500. The third-order valence-corrected chi connectivity index (χ3v) is 3.78. The molecule has 1 aliphatic rings. The van der Waals surface area contributed by atoms with Gasteiger partial charge in [0.2, 0.25) is 5.91 Å². The summed E-state index contributed by atoms with van der Waals surface area (Å²) in [6.45, 7) is 4.58. The molecular weight excluding hydrogens is 306 g/mol. The Morgan fingerprint density at radius 1 is 1.32 bits per heavy atom. The highest BCUT2D eigenvalue weighted by molar-refractivity contribution is 9.10. The molecule has 1 heterocycles. The minimum atomic E-state index is 0.0580. The van der Waals surface area contributed by atoms with Crippen LogP contribution < -0.4 is 5.32 Å². The van der Waals surface area contributed by atoms with E-state index in [2.05, 4.69) is 38.1 Å². The number of benzene rings is 1. The summed E-state index contributed by atoms with van der Waals surface area (Å²) in [5.74, 6) is 0.0580. The number of anilines is 1. The molecule has 0 bridgehead atoms. The molecule has 1 saturated heterocycles. The van der Waals surface area contributed by atoms with Crippen LogP contribution in [0.2, 0.25) is 0 Å². The largest absolute Gasteiger partial charge is 0.325 e. The van der Waals surface area contributed by atoms with Crippen LogP contribution in [0.3, 0.4) is 0 Å². The number of likely N-dealkylation sites (N-methyl/N-ethyl adjacent to an activating group) is 1. The number of nitrogens with zero attached hydrogens (tertiary/aromatic N) is 2. The average Bonchev–Trinajstić information content (AvgIpc) is 2.54. The van der Waals surface area contributed by atoms with Crippen LogP contribution in [-0.2, 0) is 4.79 Å². The van der Waals surface area contributed by atoms with Gasteiger partial charge in [0.15, 0.2) is 0 Å². The second-order valence-corrected chi connectivity index (χ2v) is 5.91. The number of nitrogens with one attached hydrogen (secondary N) is 1. The van der Waals surface area contributed by atoms with E-state index in [4.69, 9.17) is 0 Å². The van der Waals surface area contributed by atoms with Crippen LogP contribution in [0.1, 0.15) is 6.42 Å². The van der Waals surface area contributed by atoms with Crippen molar-refractivity contribution in [3.05, 3.63) is 28.7 Å². The summed E-state index contributed by atoms with van der Waals surface area (Å²) in [5.41, 5.74) is 0.839. The smallest absolute Gasteiger partial charge is 0.238 e. The molecule has 104 valence electrons. The van der Waals surface area contributed by atoms with Crippen molar-refractivity contribution in [3.63, 3.8) is 0 Å². The first-order valence-electron chi connectivity index (χ1n) is 6.60. The van der Waals surface area contributed by atoms with Crippen molar-refractivity contribution in [3.8, 4) is 0 Å². The highest BCUT2D eigenvalue weighted by atomic mass is 79.9. The summed E-state index contributed by atoms with van der Waals surface area (Å²) in [6.07, 6.45) is 1.13. The first kappa shape index (κ1) is 14.5. The Hall–Kier alpha value is -0.910. The van der Waals surface area contributed by atoms with E-state index in [-0.39, 0.29) is 5.91 Å². The van der Waals surface area contributed by atoms with E-state index in [1.807, 2.05) is 24.3 Å². The molecule has 1 amide bonds. The fourth-order valence-corrected chi connectivity index (χ4v) is 2.63. The molecule has 0 aliphatic carbocycles. The molecule has 1 aromatic rings. The topological polar surface area (TPSA) is 35.6 Å². The van der Waals surface area contributed by atoms with Gasteiger partial charge < -0.3 is 10.2 Å². The molecule has 5 heteroatoms. The standard InChI is InChI=1S/C14H20BrN3O/c1-17-6-3-7-18(9-8-17)11-14(19)16-13-5-2-4-12(15)10-13/h2,4-5,10H,3,6-9,11H2,1H3,(H,16,19). The van der Waals surface area contributed by atoms with E-state index in [1.54, 1.807) is 0 Å². The maximum Gasteiger partial charge on any atom is 0.238 e. The molecule has 1 aromatic carbocycles. The normalized spacial score (nSPS) is 18.0. The zero-order chi connectivity index (χ0) is 13.7. The molecule has 0 spiro atoms. The summed E-state index contributed by atoms with van der Waals surface area (Å²) in [6, 6.07) is 7.67. The van der Waals surface area contributed by atoms with Crippen molar-refractivity contribution in [2.24, 2.45) is 0 Å². The summed E-state index contributed by atoms with van der Waals surface area (Å²) in [5, 5.41) is 2.94. The van der Waals surface area contributed by atoms with E-state index in [9.17, 15) is 4.79 Å². The van der Waals surface area contributed by atoms with Crippen LogP contribution in [0, 0.1) is 0 Å². The molecule has 4 nitrogen and oxygen atoms in total. The number of carbonyl (C=O) groups is 1. The van der Waals surface area contributed by atoms with E-state index >= 15 is 0 Å². The average molecular weight is 326 g/mol. The molecule has 19 heavy (non-hydrogen) atoms. The molecule has 1 fully saturated rings. The second kappa shape index (κ2) is 7.03. The number of hydrogen-bond donors (Lipinski definition) is 1. The first-order valence-corrected chi connectivity index (χ1v) is 7.39. The molecule has 0 aromatic heterocycles. The fourth-order valence-electron chi connectivity index (χ4n) is 2.23. The van der Waals surface area contributed by atoms with Crippen molar-refractivity contribution < 1.29 is 4.79 Å². The summed E-state index contributed by atoms with van der Waals surface area (Å²) >= 11 is 3.40. The third kappa shape index (κ3) is 4.93. The summed E-state index contributed by atoms with van der Waals surface area (Å²) in [4.78, 5) is 16.5. The predicted molar refractivity (Wildman–Crippen MR) is 81.3 cm³/mol. The number of halogens is 1. The van der Waals surface area contributed by atoms with Gasteiger partial charge in [-0.3, -0.25) is 9.69 Å². The molecule has 1 aliphatic heterocycles. The van der Waals surface area contributed by atoms with Crippen LogP contribution in [0.25, 0.3) is 0 Å². The van der Waals surface area contributed by atoms with Gasteiger partial charge >= 0.3 is 0 Å². The van der Waals surface area contributed by atoms with E-state index in [0.29, 0.717) is 6.54 Å². The summed E-state index contributed by atoms with van der Waals surface area (Å²) in [7, 11) is 2.13. The highest BCUT2D eigenvalue weighted by Gasteiger charge is 2.15. The lowest BCUT2D eigenvalue weighted by molar-refractivity contribution is -0.117. The van der Waals surface area contributed by atoms with Gasteiger partial charge in [0.25, 0.3) is 0 Å². The lowest BCUT2D eigenvalue weighted by Gasteiger charge is -2.19. The van der Waals surface area contributed by atoms with Gasteiger partial charge in [-0.15, -0.1) is 0 Å². The Morgan fingerprint density at radius 2 is 2.16 bits per heavy atom. The van der Waals surface area contributed by atoms with Crippen molar-refractivity contribution >= 4 is 27.5 Å². The minimum Gasteiger partial charge on any atom is -0.325 e. The van der Waals surface area contributed by atoms with Gasteiger partial charge in [0.05, 0.1) is 6.54 Å². The Labute approximate surface area is 122 Å². The Morgan fingerprint density at radius 3 is 2.95 bits per heavy atom. The van der Waals surface area contributed by atoms with Crippen molar-refractivity contribution in [1.29, 1.82) is 0 Å². The molecule has 1 N–H and O–H groups in total. The molecule has 0 saturated carbocycles. The second-order valence-electron chi connectivity index (χ2n) is 4.99. The minimum absolute atomic E-state index is 0.0580. The van der Waals surface area contributed by atoms with Gasteiger partial charge in [0.1, 0.15) is 0 Å². The number of hydrogen-bond acceptors (Lipinski definition) is 3. The SMILES string of the molecule is CN1CCCN(CC(=O)Nc2cccc(Br)c2)CC1. The van der Waals surface area contributed by atoms with Crippen molar-refractivity contribution in [1.82, 2.24) is 9.80 Å². The molecular formula is C14H20BrN3O. The Balaban J connectivity index is 1.84. The van der Waals surface area contributed by atoms with Gasteiger partial charge in [0, 0.05) is 23.2 Å². The molecule has 2 rings (SSSR count). The van der Waals surface area contributed by atoms with Crippen molar-refractivity contribution in [2.75, 3.05) is 45.1 Å². The zero-order valence-corrected chi connectivity index (χ0v) is 12.8. The zero-order valence-electron chi connectivity index (χ0n) is 11.2. The van der Waals surface area contributed by atoms with Gasteiger partial charge in [-0.05, 0) is 44.8 Å². The lowest BCUT2D eigenvalue weighted by Crippen LogP contribution is -2.35. The Kier molecular flexibility index (Phi) is 5.36. The quantitative estimate of drug-likeness (QED) is 0.923. The van der Waals surface area contributed by atoms with Gasteiger partial charge in [-0.1, -0.05) is 22.0 Å². The van der Waals surface area contributed by atoms with Crippen LogP contribution in [-0.4, -0.2) is 55.5 Å². The number of carbonyl (C=O) groups excluding carboxylic acids is 1. The summed E-state index contributed by atoms with van der Waals surface area (Å²) < 4.78 is 0.974. The number of amides is 1. The molecule has 0 unspecified atom stereocenters. The van der Waals surface area contributed by atoms with Gasteiger partial charge in [-0.2, -0.15) is 0 Å². The maximum atomic E-state index is 12.0. The third-order valence-electron chi connectivity index (χ3n) is 3.29. The molecule has 0 radical (unpaired) electrons. The van der Waals surface area contributed by atoms with Crippen LogP contribution in [0.5, 0.6) is 0 Å². The first-order chi connectivity index (χ1) is 9.13. The molecule has 0 atom stereocenters. The number of rotatable bonds is 3. The van der Waals surface area contributed by atoms with Crippen LogP contribution in [0.15, 0.2) is 28.7 Å².